The van der Waals surface area contributed by atoms with E-state index in [1.165, 1.54) is 7.11 Å². The zero-order chi connectivity index (χ0) is 21.8. The number of halogens is 1. The van der Waals surface area contributed by atoms with E-state index in [0.29, 0.717) is 18.8 Å². The van der Waals surface area contributed by atoms with Crippen LogP contribution in [-0.2, 0) is 9.53 Å². The third kappa shape index (κ3) is 4.65. The number of nitriles is 1. The first-order valence-corrected chi connectivity index (χ1v) is 10.5. The Morgan fingerprint density at radius 3 is 2.67 bits per heavy atom. The molecule has 3 rings (SSSR count). The van der Waals surface area contributed by atoms with Crippen LogP contribution < -0.4 is 5.32 Å². The molecule has 1 aliphatic rings. The molecule has 8 nitrogen and oxygen atoms in total. The molecule has 2 heterocycles. The van der Waals surface area contributed by atoms with E-state index in [0.717, 1.165) is 15.7 Å². The van der Waals surface area contributed by atoms with Gasteiger partial charge >= 0.3 is 6.09 Å². The molecule has 0 bridgehead atoms. The SMILES string of the molecule is COC(=O)N[C@H](C(=O)N1C[C@H](C#N)C[C@H]1c1ncc(-c2ccc(Br)cc2)[nH]1)C(C)C. The lowest BCUT2D eigenvalue weighted by Gasteiger charge is -2.29. The molecule has 1 aromatic carbocycles. The van der Waals surface area contributed by atoms with Crippen molar-refractivity contribution in [2.24, 2.45) is 11.8 Å². The van der Waals surface area contributed by atoms with Gasteiger partial charge in [-0.2, -0.15) is 5.26 Å². The van der Waals surface area contributed by atoms with Crippen LogP contribution in [0.15, 0.2) is 34.9 Å². The number of aromatic nitrogens is 2. The molecule has 2 N–H and O–H groups in total. The normalized spacial score (nSPS) is 19.4. The molecule has 2 amide bonds. The predicted octanol–water partition coefficient (Wildman–Crippen LogP) is 3.63. The van der Waals surface area contributed by atoms with Crippen LogP contribution in [0.25, 0.3) is 11.3 Å². The number of benzene rings is 1. The fraction of sp³-hybridized carbons (Fsp3) is 0.429. The molecule has 1 aliphatic heterocycles. The minimum absolute atomic E-state index is 0.145. The highest BCUT2D eigenvalue weighted by atomic mass is 79.9. The summed E-state index contributed by atoms with van der Waals surface area (Å²) in [6.45, 7) is 3.99. The summed E-state index contributed by atoms with van der Waals surface area (Å²) in [5, 5.41) is 12.1. The van der Waals surface area contributed by atoms with Crippen molar-refractivity contribution in [1.82, 2.24) is 20.2 Å². The predicted molar refractivity (Wildman–Crippen MR) is 114 cm³/mol. The molecular weight excluding hydrogens is 450 g/mol. The summed E-state index contributed by atoms with van der Waals surface area (Å²) < 4.78 is 5.64. The van der Waals surface area contributed by atoms with Crippen LogP contribution in [0.5, 0.6) is 0 Å². The van der Waals surface area contributed by atoms with Gasteiger partial charge in [-0.15, -0.1) is 0 Å². The molecule has 158 valence electrons. The number of carbonyl (C=O) groups excluding carboxylic acids is 2. The van der Waals surface area contributed by atoms with Gasteiger partial charge in [-0.25, -0.2) is 9.78 Å². The van der Waals surface area contributed by atoms with Gasteiger partial charge < -0.3 is 19.9 Å². The Bertz CT molecular complexity index is 950. The Hall–Kier alpha value is -2.86. The summed E-state index contributed by atoms with van der Waals surface area (Å²) >= 11 is 3.42. The molecule has 1 fully saturated rings. The maximum absolute atomic E-state index is 13.3. The zero-order valence-corrected chi connectivity index (χ0v) is 18.6. The van der Waals surface area contributed by atoms with Gasteiger partial charge in [-0.3, -0.25) is 4.79 Å². The van der Waals surface area contributed by atoms with Gasteiger partial charge in [0.15, 0.2) is 0 Å². The van der Waals surface area contributed by atoms with Crippen LogP contribution in [0.4, 0.5) is 4.79 Å². The van der Waals surface area contributed by atoms with Crippen molar-refractivity contribution < 1.29 is 14.3 Å². The van der Waals surface area contributed by atoms with E-state index in [9.17, 15) is 14.9 Å². The lowest BCUT2D eigenvalue weighted by Crippen LogP contribution is -2.51. The van der Waals surface area contributed by atoms with Crippen LogP contribution in [0.1, 0.15) is 32.1 Å². The Balaban J connectivity index is 1.87. The highest BCUT2D eigenvalue weighted by molar-refractivity contribution is 9.10. The average molecular weight is 474 g/mol. The standard InChI is InChI=1S/C21H24BrN5O3/c1-12(2)18(26-21(29)30-3)20(28)27-11-13(9-23)8-17(27)19-24-10-16(25-19)14-4-6-15(22)7-5-14/h4-7,10,12-13,17-18H,8,11H2,1-3H3,(H,24,25)(H,26,29)/t13-,17-,18-/m0/s1. The van der Waals surface area contributed by atoms with Gasteiger partial charge in [-0.1, -0.05) is 41.9 Å². The minimum Gasteiger partial charge on any atom is -0.453 e. The Morgan fingerprint density at radius 1 is 1.37 bits per heavy atom. The van der Waals surface area contributed by atoms with Gasteiger partial charge in [0.05, 0.1) is 37.0 Å². The van der Waals surface area contributed by atoms with Crippen molar-refractivity contribution in [2.45, 2.75) is 32.4 Å². The van der Waals surface area contributed by atoms with Crippen molar-refractivity contribution in [1.29, 1.82) is 5.26 Å². The Kier molecular flexibility index (Phi) is 6.77. The first-order valence-electron chi connectivity index (χ1n) is 9.69. The summed E-state index contributed by atoms with van der Waals surface area (Å²) in [5.74, 6) is -0.0706. The summed E-state index contributed by atoms with van der Waals surface area (Å²) in [6, 6.07) is 8.96. The van der Waals surface area contributed by atoms with Crippen LogP contribution in [0.3, 0.4) is 0 Å². The van der Waals surface area contributed by atoms with Gasteiger partial charge in [0, 0.05) is 11.0 Å². The molecule has 1 saturated heterocycles. The van der Waals surface area contributed by atoms with E-state index < -0.39 is 12.1 Å². The van der Waals surface area contributed by atoms with Crippen LogP contribution >= 0.6 is 15.9 Å². The summed E-state index contributed by atoms with van der Waals surface area (Å²) in [4.78, 5) is 34.5. The first-order chi connectivity index (χ1) is 14.3. The third-order valence-corrected chi connectivity index (χ3v) is 5.75. The molecule has 0 spiro atoms. The molecule has 0 saturated carbocycles. The number of imidazole rings is 1. The quantitative estimate of drug-likeness (QED) is 0.688. The van der Waals surface area contributed by atoms with E-state index >= 15 is 0 Å². The van der Waals surface area contributed by atoms with E-state index in [4.69, 9.17) is 0 Å². The van der Waals surface area contributed by atoms with Crippen LogP contribution in [-0.4, -0.2) is 46.6 Å². The van der Waals surface area contributed by atoms with Crippen molar-refractivity contribution in [2.75, 3.05) is 13.7 Å². The molecule has 2 aromatic rings. The minimum atomic E-state index is -0.752. The van der Waals surface area contributed by atoms with Crippen molar-refractivity contribution in [3.8, 4) is 17.3 Å². The van der Waals surface area contributed by atoms with Crippen molar-refractivity contribution in [3.63, 3.8) is 0 Å². The number of carbonyl (C=O) groups is 2. The number of alkyl carbamates (subject to hydrolysis) is 1. The number of aromatic amines is 1. The van der Waals surface area contributed by atoms with Gasteiger partial charge in [0.2, 0.25) is 5.91 Å². The van der Waals surface area contributed by atoms with Crippen molar-refractivity contribution >= 4 is 27.9 Å². The fourth-order valence-electron chi connectivity index (χ4n) is 3.59. The molecule has 0 unspecified atom stereocenters. The highest BCUT2D eigenvalue weighted by Crippen LogP contribution is 2.35. The number of ether oxygens (including phenoxy) is 1. The molecule has 0 radical (unpaired) electrons. The summed E-state index contributed by atoms with van der Waals surface area (Å²) in [6.07, 6.45) is 1.55. The van der Waals surface area contributed by atoms with Crippen molar-refractivity contribution in [3.05, 3.63) is 40.8 Å². The molecule has 1 aromatic heterocycles. The van der Waals surface area contributed by atoms with E-state index in [1.54, 1.807) is 11.1 Å². The number of methoxy groups -OCH3 is 1. The third-order valence-electron chi connectivity index (χ3n) is 5.22. The fourth-order valence-corrected chi connectivity index (χ4v) is 3.86. The number of rotatable bonds is 5. The van der Waals surface area contributed by atoms with E-state index in [1.807, 2.05) is 38.1 Å². The van der Waals surface area contributed by atoms with Gasteiger partial charge in [0.1, 0.15) is 11.9 Å². The number of nitrogens with one attached hydrogen (secondary N) is 2. The highest BCUT2D eigenvalue weighted by Gasteiger charge is 2.41. The topological polar surface area (TPSA) is 111 Å². The second-order valence-electron chi connectivity index (χ2n) is 7.61. The number of hydrogen-bond donors (Lipinski definition) is 2. The second kappa shape index (κ2) is 9.30. The van der Waals surface area contributed by atoms with Crippen LogP contribution in [0.2, 0.25) is 0 Å². The number of nitrogens with zero attached hydrogens (tertiary/aromatic N) is 3. The monoisotopic (exact) mass is 473 g/mol. The zero-order valence-electron chi connectivity index (χ0n) is 17.1. The number of hydrogen-bond acceptors (Lipinski definition) is 5. The number of amides is 2. The van der Waals surface area contributed by atoms with Crippen LogP contribution in [0, 0.1) is 23.2 Å². The second-order valence-corrected chi connectivity index (χ2v) is 8.53. The number of H-pyrrole nitrogens is 1. The lowest BCUT2D eigenvalue weighted by atomic mass is 10.0. The Labute approximate surface area is 183 Å². The molecular formula is C21H24BrN5O3. The molecule has 0 aliphatic carbocycles. The maximum Gasteiger partial charge on any atom is 0.407 e. The smallest absolute Gasteiger partial charge is 0.407 e. The summed E-state index contributed by atoms with van der Waals surface area (Å²) in [5.41, 5.74) is 1.80. The first kappa shape index (κ1) is 21.8. The summed E-state index contributed by atoms with van der Waals surface area (Å²) in [7, 11) is 1.26. The average Bonchev–Trinajstić information content (AvgIpc) is 3.38. The van der Waals surface area contributed by atoms with Gasteiger partial charge in [0.25, 0.3) is 0 Å². The molecule has 3 atom stereocenters. The maximum atomic E-state index is 13.3. The Morgan fingerprint density at radius 2 is 2.07 bits per heavy atom. The lowest BCUT2D eigenvalue weighted by molar-refractivity contribution is -0.135. The van der Waals surface area contributed by atoms with E-state index in [2.05, 4.69) is 42.0 Å². The van der Waals surface area contributed by atoms with Gasteiger partial charge in [-0.05, 0) is 30.0 Å². The molecule has 9 heteroatoms. The number of likely N-dealkylation sites (tertiary alicyclic amines) is 1. The van der Waals surface area contributed by atoms with E-state index in [-0.39, 0.29) is 23.8 Å². The molecule has 30 heavy (non-hydrogen) atoms. The largest absolute Gasteiger partial charge is 0.453 e.